The van der Waals surface area contributed by atoms with Gasteiger partial charge in [0.05, 0.1) is 33.0 Å². The number of aliphatic hydroxyl groups excluding tert-OH is 13. The number of ether oxygens (including phenoxy) is 6. The number of aliphatic hydroxyl groups is 13. The van der Waals surface area contributed by atoms with Crippen molar-refractivity contribution in [3.8, 4) is 0 Å². The first-order chi connectivity index (χ1) is 19.4. The molecule has 0 saturated carbocycles. The molecule has 3 aliphatic rings. The minimum Gasteiger partial charge on any atom is -0.394 e. The van der Waals surface area contributed by atoms with Gasteiger partial charge in [-0.2, -0.15) is 0 Å². The van der Waals surface area contributed by atoms with E-state index < -0.39 is 137 Å². The lowest BCUT2D eigenvalue weighted by atomic mass is 9.98. The molecule has 19 heteroatoms. The van der Waals surface area contributed by atoms with Crippen LogP contribution in [0.15, 0.2) is 0 Å². The Morgan fingerprint density at radius 3 is 1.49 bits per heavy atom. The van der Waals surface area contributed by atoms with E-state index in [0.717, 1.165) is 0 Å². The van der Waals surface area contributed by atoms with Crippen molar-refractivity contribution in [3.05, 3.63) is 0 Å². The van der Waals surface area contributed by atoms with E-state index in [2.05, 4.69) is 0 Å². The molecule has 0 aromatic heterocycles. The molecule has 3 aliphatic heterocycles. The van der Waals surface area contributed by atoms with Crippen molar-refractivity contribution < 1.29 is 94.8 Å². The lowest BCUT2D eigenvalue weighted by Crippen LogP contribution is -2.63. The molecule has 3 heterocycles. The van der Waals surface area contributed by atoms with E-state index >= 15 is 0 Å². The summed E-state index contributed by atoms with van der Waals surface area (Å²) in [6, 6.07) is 0. The van der Waals surface area contributed by atoms with E-state index in [1.807, 2.05) is 0 Å². The van der Waals surface area contributed by atoms with Crippen LogP contribution in [-0.4, -0.2) is 204 Å². The monoisotopic (exact) mass is 608 g/mol. The molecule has 0 radical (unpaired) electrons. The zero-order valence-electron chi connectivity index (χ0n) is 21.6. The van der Waals surface area contributed by atoms with Crippen molar-refractivity contribution in [1.29, 1.82) is 0 Å². The van der Waals surface area contributed by atoms with Gasteiger partial charge < -0.3 is 94.8 Å². The van der Waals surface area contributed by atoms with Crippen LogP contribution in [-0.2, 0) is 28.4 Å². The lowest BCUT2D eigenvalue weighted by molar-refractivity contribution is -0.351. The molecular formula is C22H40O19. The topological polar surface area (TPSA) is 318 Å². The molecule has 19 nitrogen and oxygen atoms in total. The van der Waals surface area contributed by atoms with Crippen LogP contribution in [0.1, 0.15) is 0 Å². The molecule has 17 atom stereocenters. The predicted octanol–water partition coefficient (Wildman–Crippen LogP) is -8.83. The maximum absolute atomic E-state index is 11.0. The van der Waals surface area contributed by atoms with Crippen molar-refractivity contribution in [1.82, 2.24) is 0 Å². The van der Waals surface area contributed by atoms with E-state index in [0.29, 0.717) is 0 Å². The molecule has 0 amide bonds. The van der Waals surface area contributed by atoms with Gasteiger partial charge in [0.25, 0.3) is 0 Å². The molecular weight excluding hydrogens is 568 g/mol. The number of rotatable bonds is 14. The first-order valence-electron chi connectivity index (χ1n) is 12.8. The van der Waals surface area contributed by atoms with E-state index in [4.69, 9.17) is 33.5 Å². The summed E-state index contributed by atoms with van der Waals surface area (Å²) < 4.78 is 32.6. The van der Waals surface area contributed by atoms with Gasteiger partial charge in [0.1, 0.15) is 85.5 Å². The normalized spacial score (nSPS) is 44.6. The lowest BCUT2D eigenvalue weighted by Gasteiger charge is -2.44. The van der Waals surface area contributed by atoms with Crippen molar-refractivity contribution >= 4 is 0 Å². The zero-order valence-corrected chi connectivity index (χ0v) is 21.6. The SMILES string of the molecule is OC[C@@H]1O[C@@H](O[C@H]2[C@H](O[C@H]3[C@@H](O)[C@@H](CO)O[C@@H](O[C@H]([C@@H](O)[C@@H](O)CO)[C@@H](O)CO)[C@@H]3O)O[C@@H](CO)[C@@H]2O)[C@H](O)[C@H]1O. The van der Waals surface area contributed by atoms with Gasteiger partial charge in [-0.15, -0.1) is 0 Å². The van der Waals surface area contributed by atoms with Gasteiger partial charge in [-0.05, 0) is 0 Å². The van der Waals surface area contributed by atoms with Crippen LogP contribution in [0.5, 0.6) is 0 Å². The molecule has 13 N–H and O–H groups in total. The largest absolute Gasteiger partial charge is 0.394 e. The highest BCUT2D eigenvalue weighted by molar-refractivity contribution is 4.96. The fraction of sp³-hybridized carbons (Fsp3) is 1.00. The molecule has 3 rings (SSSR count). The van der Waals surface area contributed by atoms with E-state index in [9.17, 15) is 61.3 Å². The Morgan fingerprint density at radius 1 is 0.512 bits per heavy atom. The van der Waals surface area contributed by atoms with Crippen LogP contribution >= 0.6 is 0 Å². The highest BCUT2D eigenvalue weighted by Gasteiger charge is 2.54. The fourth-order valence-corrected chi connectivity index (χ4v) is 4.71. The molecule has 3 fully saturated rings. The quantitative estimate of drug-likeness (QED) is 0.0870. The highest BCUT2D eigenvalue weighted by Crippen LogP contribution is 2.34. The maximum Gasteiger partial charge on any atom is 0.187 e. The summed E-state index contributed by atoms with van der Waals surface area (Å²) in [5.41, 5.74) is 0. The Kier molecular flexibility index (Phi) is 13.0. The van der Waals surface area contributed by atoms with Gasteiger partial charge in [0, 0.05) is 0 Å². The zero-order chi connectivity index (χ0) is 30.6. The second-order valence-corrected chi connectivity index (χ2v) is 9.92. The predicted molar refractivity (Wildman–Crippen MR) is 124 cm³/mol. The smallest absolute Gasteiger partial charge is 0.187 e. The third-order valence-corrected chi connectivity index (χ3v) is 7.15. The van der Waals surface area contributed by atoms with E-state index in [-0.39, 0.29) is 0 Å². The molecule has 242 valence electrons. The third-order valence-electron chi connectivity index (χ3n) is 7.15. The van der Waals surface area contributed by atoms with E-state index in [1.54, 1.807) is 0 Å². The second kappa shape index (κ2) is 15.3. The summed E-state index contributed by atoms with van der Waals surface area (Å²) in [4.78, 5) is 0. The number of hydrogen-bond acceptors (Lipinski definition) is 19. The second-order valence-electron chi connectivity index (χ2n) is 9.92. The summed E-state index contributed by atoms with van der Waals surface area (Å²) in [6.45, 7) is -4.28. The molecule has 0 spiro atoms. The molecule has 0 aromatic carbocycles. The Hall–Kier alpha value is -0.760. The maximum atomic E-state index is 11.0. The molecule has 0 unspecified atom stereocenters. The standard InChI is InChI=1S/C22H40O19/c23-1-6(28)11(30)17(7(29)2-24)39-21-16(35)18(13(32)9(4-26)37-21)40-22-19(14(33)10(5-27)38-22)41-20-15(34)12(31)8(3-25)36-20/h6-35H,1-5H2/t6-,7-,8-,9+,10-,11-,12-,13-,14-,15+,16+,17-,18-,19+,20-,21-,22-/m0/s1. The van der Waals surface area contributed by atoms with E-state index in [1.165, 1.54) is 0 Å². The minimum absolute atomic E-state index is 0.679. The first kappa shape index (κ1) is 34.7. The molecule has 0 aliphatic carbocycles. The molecule has 0 bridgehead atoms. The fourth-order valence-electron chi connectivity index (χ4n) is 4.71. The van der Waals surface area contributed by atoms with Gasteiger partial charge in [-0.25, -0.2) is 0 Å². The Balaban J connectivity index is 1.82. The molecule has 0 aromatic rings. The summed E-state index contributed by atoms with van der Waals surface area (Å²) in [7, 11) is 0. The highest BCUT2D eigenvalue weighted by atomic mass is 16.8. The van der Waals surface area contributed by atoms with Crippen LogP contribution < -0.4 is 0 Å². The summed E-state index contributed by atoms with van der Waals surface area (Å²) >= 11 is 0. The van der Waals surface area contributed by atoms with Crippen LogP contribution in [0.25, 0.3) is 0 Å². The van der Waals surface area contributed by atoms with Gasteiger partial charge in [0.15, 0.2) is 18.9 Å². The Labute approximate surface area is 232 Å². The summed E-state index contributed by atoms with van der Waals surface area (Å²) in [6.07, 6.45) is -29.0. The van der Waals surface area contributed by atoms with Crippen molar-refractivity contribution in [2.24, 2.45) is 0 Å². The Morgan fingerprint density at radius 2 is 0.976 bits per heavy atom. The minimum atomic E-state index is -2.01. The van der Waals surface area contributed by atoms with Crippen LogP contribution in [0.4, 0.5) is 0 Å². The van der Waals surface area contributed by atoms with Crippen LogP contribution in [0.3, 0.4) is 0 Å². The Bertz CT molecular complexity index is 779. The summed E-state index contributed by atoms with van der Waals surface area (Å²) in [5, 5.41) is 130. The van der Waals surface area contributed by atoms with Gasteiger partial charge in [-0.3, -0.25) is 0 Å². The number of hydrogen-bond donors (Lipinski definition) is 13. The van der Waals surface area contributed by atoms with Crippen LogP contribution in [0, 0.1) is 0 Å². The van der Waals surface area contributed by atoms with Crippen LogP contribution in [0.2, 0.25) is 0 Å². The van der Waals surface area contributed by atoms with Crippen molar-refractivity contribution in [2.45, 2.75) is 104 Å². The first-order valence-corrected chi connectivity index (χ1v) is 12.8. The third kappa shape index (κ3) is 7.49. The van der Waals surface area contributed by atoms with Gasteiger partial charge in [-0.1, -0.05) is 0 Å². The average Bonchev–Trinajstić information content (AvgIpc) is 3.43. The molecule has 3 saturated heterocycles. The van der Waals surface area contributed by atoms with Gasteiger partial charge >= 0.3 is 0 Å². The van der Waals surface area contributed by atoms with Crippen molar-refractivity contribution in [3.63, 3.8) is 0 Å². The molecule has 41 heavy (non-hydrogen) atoms. The summed E-state index contributed by atoms with van der Waals surface area (Å²) in [5.74, 6) is 0. The average molecular weight is 609 g/mol. The van der Waals surface area contributed by atoms with Gasteiger partial charge in [0.2, 0.25) is 0 Å². The van der Waals surface area contributed by atoms with Crippen molar-refractivity contribution in [2.75, 3.05) is 33.0 Å².